The van der Waals surface area contributed by atoms with Crippen LogP contribution in [0, 0.1) is 11.6 Å². The summed E-state index contributed by atoms with van der Waals surface area (Å²) in [4.78, 5) is 13.6. The zero-order chi connectivity index (χ0) is 15.0. The van der Waals surface area contributed by atoms with Crippen LogP contribution < -0.4 is 9.64 Å². The van der Waals surface area contributed by atoms with Crippen LogP contribution in [0.4, 0.5) is 14.5 Å². The van der Waals surface area contributed by atoms with Crippen LogP contribution in [0.3, 0.4) is 0 Å². The van der Waals surface area contributed by atoms with E-state index in [9.17, 15) is 13.6 Å². The summed E-state index contributed by atoms with van der Waals surface area (Å²) in [5.74, 6) is -0.781. The molecule has 1 amide bonds. The Bertz CT molecular complexity index is 702. The number of hydrogen-bond donors (Lipinski definition) is 0. The van der Waals surface area contributed by atoms with Gasteiger partial charge in [-0.2, -0.15) is 0 Å². The van der Waals surface area contributed by atoms with Crippen LogP contribution in [-0.2, 0) is 11.3 Å². The van der Waals surface area contributed by atoms with Gasteiger partial charge in [0.2, 0.25) is 0 Å². The summed E-state index contributed by atoms with van der Waals surface area (Å²) in [7, 11) is 0. The van der Waals surface area contributed by atoms with Crippen LogP contribution in [0.25, 0.3) is 0 Å². The van der Waals surface area contributed by atoms with Gasteiger partial charge in [-0.3, -0.25) is 4.79 Å². The molecule has 1 aliphatic rings. The molecule has 1 heterocycles. The molecule has 1 atom stereocenters. The molecular weight excluding hydrogens is 276 g/mol. The van der Waals surface area contributed by atoms with E-state index in [0.29, 0.717) is 17.0 Å². The molecule has 5 heteroatoms. The fourth-order valence-electron chi connectivity index (χ4n) is 2.34. The van der Waals surface area contributed by atoms with E-state index < -0.39 is 17.7 Å². The zero-order valence-corrected chi connectivity index (χ0v) is 11.3. The fourth-order valence-corrected chi connectivity index (χ4v) is 2.34. The predicted molar refractivity (Wildman–Crippen MR) is 74.1 cm³/mol. The van der Waals surface area contributed by atoms with Crippen LogP contribution in [-0.4, -0.2) is 12.0 Å². The lowest BCUT2D eigenvalue weighted by atomic mass is 10.1. The number of rotatable bonds is 2. The average molecular weight is 289 g/mol. The molecule has 3 rings (SSSR count). The maximum absolute atomic E-state index is 13.8. The van der Waals surface area contributed by atoms with Crippen LogP contribution in [0.5, 0.6) is 5.75 Å². The molecule has 0 aliphatic carbocycles. The Balaban J connectivity index is 2.03. The van der Waals surface area contributed by atoms with Crippen LogP contribution >= 0.6 is 0 Å². The molecule has 21 heavy (non-hydrogen) atoms. The van der Waals surface area contributed by atoms with Gasteiger partial charge in [-0.15, -0.1) is 0 Å². The fraction of sp³-hybridized carbons (Fsp3) is 0.188. The van der Waals surface area contributed by atoms with Crippen molar-refractivity contribution in [2.24, 2.45) is 0 Å². The van der Waals surface area contributed by atoms with Gasteiger partial charge in [0.05, 0.1) is 12.2 Å². The molecule has 1 aliphatic heterocycles. The Morgan fingerprint density at radius 3 is 2.71 bits per heavy atom. The second-order valence-electron chi connectivity index (χ2n) is 4.89. The number of halogens is 2. The van der Waals surface area contributed by atoms with E-state index in [1.54, 1.807) is 25.1 Å². The van der Waals surface area contributed by atoms with Crippen LogP contribution in [0.2, 0.25) is 0 Å². The first-order valence-electron chi connectivity index (χ1n) is 6.57. The number of hydrogen-bond acceptors (Lipinski definition) is 2. The zero-order valence-electron chi connectivity index (χ0n) is 11.3. The molecule has 0 bridgehead atoms. The minimum absolute atomic E-state index is 0.0374. The molecule has 2 aromatic rings. The van der Waals surface area contributed by atoms with E-state index in [-0.39, 0.29) is 12.5 Å². The largest absolute Gasteiger partial charge is 0.479 e. The Morgan fingerprint density at radius 1 is 1.19 bits per heavy atom. The molecule has 0 fully saturated rings. The minimum Gasteiger partial charge on any atom is -0.479 e. The normalized spacial score (nSPS) is 17.4. The lowest BCUT2D eigenvalue weighted by Gasteiger charge is -2.33. The van der Waals surface area contributed by atoms with E-state index >= 15 is 0 Å². The van der Waals surface area contributed by atoms with Crippen molar-refractivity contribution in [1.82, 2.24) is 0 Å². The van der Waals surface area contributed by atoms with Gasteiger partial charge in [0, 0.05) is 11.6 Å². The maximum Gasteiger partial charge on any atom is 0.268 e. The lowest BCUT2D eigenvalue weighted by Crippen LogP contribution is -2.44. The number of carbonyl (C=O) groups is 1. The topological polar surface area (TPSA) is 29.5 Å². The van der Waals surface area contributed by atoms with Gasteiger partial charge in [-0.1, -0.05) is 18.2 Å². The van der Waals surface area contributed by atoms with Crippen molar-refractivity contribution >= 4 is 11.6 Å². The van der Waals surface area contributed by atoms with E-state index in [4.69, 9.17) is 4.74 Å². The minimum atomic E-state index is -0.685. The second-order valence-corrected chi connectivity index (χ2v) is 4.89. The highest BCUT2D eigenvalue weighted by molar-refractivity contribution is 5.99. The first kappa shape index (κ1) is 13.5. The third-order valence-corrected chi connectivity index (χ3v) is 3.42. The van der Waals surface area contributed by atoms with Gasteiger partial charge in [0.15, 0.2) is 6.10 Å². The molecule has 0 N–H and O–H groups in total. The quantitative estimate of drug-likeness (QED) is 0.849. The van der Waals surface area contributed by atoms with E-state index in [1.165, 1.54) is 29.2 Å². The SMILES string of the molecule is CC1Oc2ccc(F)cc2N(Cc2ccccc2F)C1=O. The number of carbonyl (C=O) groups excluding carboxylic acids is 1. The molecule has 3 nitrogen and oxygen atoms in total. The van der Waals surface area contributed by atoms with E-state index in [2.05, 4.69) is 0 Å². The number of anilines is 1. The number of amides is 1. The standard InChI is InChI=1S/C16H13F2NO2/c1-10-16(20)19(9-11-4-2-3-5-13(11)18)14-8-12(17)6-7-15(14)21-10/h2-8,10H,9H2,1H3. The molecule has 0 saturated carbocycles. The van der Waals surface area contributed by atoms with Crippen molar-refractivity contribution in [1.29, 1.82) is 0 Å². The van der Waals surface area contributed by atoms with Crippen molar-refractivity contribution in [3.8, 4) is 5.75 Å². The number of fused-ring (bicyclic) bond motifs is 1. The summed E-state index contributed by atoms with van der Waals surface area (Å²) < 4.78 is 32.7. The highest BCUT2D eigenvalue weighted by Gasteiger charge is 2.32. The molecule has 108 valence electrons. The average Bonchev–Trinajstić information content (AvgIpc) is 2.46. The first-order chi connectivity index (χ1) is 10.1. The van der Waals surface area contributed by atoms with Gasteiger partial charge in [0.1, 0.15) is 17.4 Å². The van der Waals surface area contributed by atoms with Gasteiger partial charge < -0.3 is 9.64 Å². The molecule has 0 spiro atoms. The Morgan fingerprint density at radius 2 is 1.95 bits per heavy atom. The highest BCUT2D eigenvalue weighted by atomic mass is 19.1. The Kier molecular flexibility index (Phi) is 3.33. The van der Waals surface area contributed by atoms with Gasteiger partial charge >= 0.3 is 0 Å². The Hall–Kier alpha value is -2.43. The van der Waals surface area contributed by atoms with Crippen molar-refractivity contribution in [2.45, 2.75) is 19.6 Å². The Labute approximate surface area is 120 Å². The molecule has 0 radical (unpaired) electrons. The summed E-state index contributed by atoms with van der Waals surface area (Å²) >= 11 is 0. The predicted octanol–water partition coefficient (Wildman–Crippen LogP) is 3.28. The molecule has 0 saturated heterocycles. The smallest absolute Gasteiger partial charge is 0.268 e. The third kappa shape index (κ3) is 2.46. The van der Waals surface area contributed by atoms with Gasteiger partial charge in [0.25, 0.3) is 5.91 Å². The monoisotopic (exact) mass is 289 g/mol. The summed E-state index contributed by atoms with van der Waals surface area (Å²) in [6.07, 6.45) is -0.685. The summed E-state index contributed by atoms with van der Waals surface area (Å²) in [5.41, 5.74) is 0.691. The van der Waals surface area contributed by atoms with E-state index in [1.807, 2.05) is 0 Å². The number of benzene rings is 2. The lowest BCUT2D eigenvalue weighted by molar-refractivity contribution is -0.125. The summed E-state index contributed by atoms with van der Waals surface area (Å²) in [6.45, 7) is 1.65. The maximum atomic E-state index is 13.8. The number of ether oxygens (including phenoxy) is 1. The summed E-state index contributed by atoms with van der Waals surface area (Å²) in [6, 6.07) is 10.2. The third-order valence-electron chi connectivity index (χ3n) is 3.42. The summed E-state index contributed by atoms with van der Waals surface area (Å²) in [5, 5.41) is 0. The molecule has 1 unspecified atom stereocenters. The van der Waals surface area contributed by atoms with Crippen LogP contribution in [0.15, 0.2) is 42.5 Å². The van der Waals surface area contributed by atoms with E-state index in [0.717, 1.165) is 0 Å². The number of nitrogens with zero attached hydrogens (tertiary/aromatic N) is 1. The molecule has 0 aromatic heterocycles. The van der Waals surface area contributed by atoms with Gasteiger partial charge in [-0.25, -0.2) is 8.78 Å². The first-order valence-corrected chi connectivity index (χ1v) is 6.57. The van der Waals surface area contributed by atoms with Crippen molar-refractivity contribution in [2.75, 3.05) is 4.90 Å². The van der Waals surface area contributed by atoms with Crippen LogP contribution in [0.1, 0.15) is 12.5 Å². The van der Waals surface area contributed by atoms with Crippen molar-refractivity contribution in [3.63, 3.8) is 0 Å². The van der Waals surface area contributed by atoms with Gasteiger partial charge in [-0.05, 0) is 25.1 Å². The van der Waals surface area contributed by atoms with Crippen molar-refractivity contribution < 1.29 is 18.3 Å². The van der Waals surface area contributed by atoms with Crippen molar-refractivity contribution in [3.05, 3.63) is 59.7 Å². The molecule has 2 aromatic carbocycles. The second kappa shape index (κ2) is 5.16. The highest BCUT2D eigenvalue weighted by Crippen LogP contribution is 2.35. The molecular formula is C16H13F2NO2.